The third-order valence-electron chi connectivity index (χ3n) is 0.252. The van der Waals surface area contributed by atoms with E-state index in [1.165, 1.54) is 20.8 Å². The van der Waals surface area contributed by atoms with Crippen molar-refractivity contribution in [3.8, 4) is 0 Å². The molecule has 0 aromatic carbocycles. The van der Waals surface area contributed by atoms with Gasteiger partial charge in [-0.15, -0.1) is 0 Å². The van der Waals surface area contributed by atoms with Gasteiger partial charge in [0.25, 0.3) is 0 Å². The minimum absolute atomic E-state index is 1.30. The van der Waals surface area contributed by atoms with Crippen molar-refractivity contribution < 1.29 is 4.84 Å². The van der Waals surface area contributed by atoms with Crippen molar-refractivity contribution in [1.29, 1.82) is 0 Å². The normalized spacial score (nSPS) is 6.67. The molecular formula is CH3B3NO. The summed E-state index contributed by atoms with van der Waals surface area (Å²) >= 11 is 0. The molecule has 0 saturated heterocycles. The van der Waals surface area contributed by atoms with Gasteiger partial charge in [-0.25, -0.2) is 0 Å². The monoisotopic (exact) mass is 78.0 g/mol. The van der Waals surface area contributed by atoms with E-state index in [1.54, 1.807) is 0 Å². The van der Waals surface area contributed by atoms with Crippen LogP contribution in [0.5, 0.6) is 0 Å². The Morgan fingerprint density at radius 1 is 1.83 bits per heavy atom. The summed E-state index contributed by atoms with van der Waals surface area (Å²) in [6.45, 7) is 2.66. The topological polar surface area (TPSA) is 21.6 Å². The zero-order chi connectivity index (χ0) is 4.83. The molecule has 5 heteroatoms. The van der Waals surface area contributed by atoms with Crippen LogP contribution in [0.25, 0.3) is 0 Å². The molecule has 0 aromatic heterocycles. The first kappa shape index (κ1) is 5.79. The summed E-state index contributed by atoms with van der Waals surface area (Å²) in [6, 6.07) is 0. The summed E-state index contributed by atoms with van der Waals surface area (Å²) in [7, 11) is 6.32. The van der Waals surface area contributed by atoms with Crippen LogP contribution in [0, 0.1) is 0 Å². The van der Waals surface area contributed by atoms with Gasteiger partial charge in [0.1, 0.15) is 0 Å². The molecule has 6 heavy (non-hydrogen) atoms. The van der Waals surface area contributed by atoms with Crippen LogP contribution < -0.4 is 0 Å². The van der Waals surface area contributed by atoms with Crippen LogP contribution in [0.2, 0.25) is 0 Å². The number of hydrogen-bond donors (Lipinski definition) is 0. The second-order valence-electron chi connectivity index (χ2n) is 0.630. The molecule has 0 spiro atoms. The van der Waals surface area contributed by atoms with Crippen LogP contribution in [-0.2, 0) is 4.84 Å². The molecule has 0 aliphatic carbocycles. The quantitative estimate of drug-likeness (QED) is 0.310. The van der Waals surface area contributed by atoms with Crippen molar-refractivity contribution in [2.75, 3.05) is 7.11 Å². The van der Waals surface area contributed by atoms with Gasteiger partial charge in [0.15, 0.2) is 0 Å². The molecule has 0 aromatic rings. The summed E-state index contributed by atoms with van der Waals surface area (Å²) in [4.78, 5) is 4.24. The fourth-order valence-electron chi connectivity index (χ4n) is 0.0960. The Morgan fingerprint density at radius 3 is 2.67 bits per heavy atom. The van der Waals surface area contributed by atoms with Gasteiger partial charge in [-0.2, -0.15) is 0 Å². The van der Waals surface area contributed by atoms with Gasteiger partial charge in [0.05, 0.1) is 0 Å². The molecule has 0 bridgehead atoms. The van der Waals surface area contributed by atoms with Crippen LogP contribution in [0.4, 0.5) is 0 Å². The molecule has 0 atom stereocenters. The fourth-order valence-corrected chi connectivity index (χ4v) is 0.0960. The Morgan fingerprint density at radius 2 is 2.50 bits per heavy atom. The van der Waals surface area contributed by atoms with Crippen LogP contribution in [0.3, 0.4) is 0 Å². The van der Waals surface area contributed by atoms with Gasteiger partial charge in [0.2, 0.25) is 0 Å². The third kappa shape index (κ3) is 3.79. The van der Waals surface area contributed by atoms with Gasteiger partial charge in [0, 0.05) is 0 Å². The van der Waals surface area contributed by atoms with Crippen molar-refractivity contribution in [1.82, 2.24) is 0 Å². The number of hydrogen-bond acceptors (Lipinski definition) is 2. The maximum atomic E-state index is 4.86. The van der Waals surface area contributed by atoms with Gasteiger partial charge < -0.3 is 0 Å². The van der Waals surface area contributed by atoms with Crippen LogP contribution in [-0.4, -0.2) is 28.1 Å². The molecule has 0 aliphatic rings. The van der Waals surface area contributed by atoms with Crippen molar-refractivity contribution >= 4 is 21.0 Å². The third-order valence-corrected chi connectivity index (χ3v) is 0.252. The van der Waals surface area contributed by atoms with Crippen LogP contribution in [0.1, 0.15) is 0 Å². The first-order chi connectivity index (χ1) is 2.91. The SMILES string of the molecule is [B]=BB=NOC. The molecule has 0 saturated carbocycles. The molecule has 0 heterocycles. The van der Waals surface area contributed by atoms with E-state index >= 15 is 0 Å². The molecule has 0 unspecified atom stereocenters. The zero-order valence-electron chi connectivity index (χ0n) is 3.59. The molecule has 0 fully saturated rings. The molecular weight excluding hydrogens is 74.5 g/mol. The average Bonchev–Trinajstić information content (AvgIpc) is 1.61. The van der Waals surface area contributed by atoms with E-state index in [1.807, 2.05) is 0 Å². The molecule has 0 N–H and O–H groups in total. The molecule has 2 nitrogen and oxygen atoms in total. The van der Waals surface area contributed by atoms with E-state index in [9.17, 15) is 0 Å². The van der Waals surface area contributed by atoms with E-state index < -0.39 is 0 Å². The van der Waals surface area contributed by atoms with E-state index in [0.717, 1.165) is 0 Å². The summed E-state index contributed by atoms with van der Waals surface area (Å²) in [6.07, 6.45) is 0. The fraction of sp³-hybridized carbons (Fsp3) is 1.00. The second kappa shape index (κ2) is 4.79. The maximum absolute atomic E-state index is 4.86. The Balaban J connectivity index is 2.94. The van der Waals surface area contributed by atoms with Crippen molar-refractivity contribution in [2.24, 2.45) is 5.06 Å². The standard InChI is InChI=1S/CH3B3NO/c1-6-5-4-3-2/h1H3. The average molecular weight is 77.5 g/mol. The van der Waals surface area contributed by atoms with Crippen LogP contribution >= 0.6 is 0 Å². The predicted molar refractivity (Wildman–Crippen MR) is 26.7 cm³/mol. The summed E-state index contributed by atoms with van der Waals surface area (Å²) < 4.78 is 0. The summed E-state index contributed by atoms with van der Waals surface area (Å²) in [5, 5.41) is 3.28. The van der Waals surface area contributed by atoms with E-state index in [0.29, 0.717) is 0 Å². The number of nitrogens with zero attached hydrogens (tertiary/aromatic N) is 1. The van der Waals surface area contributed by atoms with Crippen molar-refractivity contribution in [3.05, 3.63) is 0 Å². The Kier molecular flexibility index (Phi) is 4.63. The molecule has 27 valence electrons. The molecule has 0 rings (SSSR count). The van der Waals surface area contributed by atoms with E-state index in [-0.39, 0.29) is 0 Å². The summed E-state index contributed by atoms with van der Waals surface area (Å²) in [5.41, 5.74) is 0. The van der Waals surface area contributed by atoms with Gasteiger partial charge >= 0.3 is 38.0 Å². The van der Waals surface area contributed by atoms with Crippen molar-refractivity contribution in [3.63, 3.8) is 0 Å². The Labute approximate surface area is 39.1 Å². The zero-order valence-corrected chi connectivity index (χ0v) is 3.59. The Bertz CT molecular complexity index is 61.8. The number of rotatable bonds is 2. The van der Waals surface area contributed by atoms with E-state index in [4.69, 9.17) is 7.37 Å². The minimum atomic E-state index is 1.30. The molecule has 0 amide bonds. The van der Waals surface area contributed by atoms with Gasteiger partial charge in [-0.1, -0.05) is 0 Å². The van der Waals surface area contributed by atoms with Gasteiger partial charge in [-0.05, 0) is 0 Å². The van der Waals surface area contributed by atoms with Gasteiger partial charge in [-0.3, -0.25) is 0 Å². The second-order valence-corrected chi connectivity index (χ2v) is 0.630. The molecule has 0 aliphatic heterocycles. The molecule has 1 radical (unpaired) electrons. The van der Waals surface area contributed by atoms with Crippen LogP contribution in [0.15, 0.2) is 5.06 Å². The van der Waals surface area contributed by atoms with Crippen molar-refractivity contribution in [2.45, 2.75) is 0 Å². The first-order valence-electron chi connectivity index (χ1n) is 1.52. The predicted octanol–water partition coefficient (Wildman–Crippen LogP) is -0.862. The Hall–Kier alpha value is -0.205. The van der Waals surface area contributed by atoms with E-state index in [2.05, 4.69) is 9.90 Å². The first-order valence-corrected chi connectivity index (χ1v) is 1.52. The summed E-state index contributed by atoms with van der Waals surface area (Å²) in [5.74, 6) is 0.